The van der Waals surface area contributed by atoms with Crippen LogP contribution in [0.25, 0.3) is 6.08 Å². The molecule has 1 aromatic carbocycles. The van der Waals surface area contributed by atoms with E-state index in [1.165, 1.54) is 5.69 Å². The van der Waals surface area contributed by atoms with Gasteiger partial charge in [0.2, 0.25) is 0 Å². The van der Waals surface area contributed by atoms with E-state index in [4.69, 9.17) is 9.72 Å². The summed E-state index contributed by atoms with van der Waals surface area (Å²) in [4.78, 5) is 11.6. The normalized spacial score (nSPS) is 15.2. The Bertz CT molecular complexity index is 1070. The third-order valence-corrected chi connectivity index (χ3v) is 5.49. The lowest BCUT2D eigenvalue weighted by atomic mass is 10.1. The molecular weight excluding hydrogens is 388 g/mol. The molecule has 0 atom stereocenters. The largest absolute Gasteiger partial charge is 0.387 e. The summed E-state index contributed by atoms with van der Waals surface area (Å²) in [7, 11) is 0. The van der Waals surface area contributed by atoms with E-state index < -0.39 is 0 Å². The van der Waals surface area contributed by atoms with E-state index in [0.29, 0.717) is 0 Å². The topological polar surface area (TPSA) is 74.3 Å². The van der Waals surface area contributed by atoms with Gasteiger partial charge in [0.05, 0.1) is 13.2 Å². The Morgan fingerprint density at radius 2 is 1.84 bits per heavy atom. The summed E-state index contributed by atoms with van der Waals surface area (Å²) in [5, 5.41) is 10.1. The van der Waals surface area contributed by atoms with Gasteiger partial charge in [-0.15, -0.1) is 0 Å². The summed E-state index contributed by atoms with van der Waals surface area (Å²) in [5.74, 6) is 2.37. The molecule has 0 saturated carbocycles. The summed E-state index contributed by atoms with van der Waals surface area (Å²) in [6, 6.07) is 14.6. The standard InChI is InChI=1S/C24H26N6O/c1-17-2-7-22(26-15-17)28-23-14-18-8-9-25-16-21(18)24(29-23)27-19-3-5-20(6-4-19)30-10-12-31-13-11-30/h2-9,14-15,25H,10-13,16H2,1H3,(H2,26,27,28,29). The van der Waals surface area contributed by atoms with Gasteiger partial charge in [0, 0.05) is 42.8 Å². The monoisotopic (exact) mass is 414 g/mol. The number of hydrogen-bond acceptors (Lipinski definition) is 7. The molecule has 5 rings (SSSR count). The van der Waals surface area contributed by atoms with Gasteiger partial charge in [-0.3, -0.25) is 0 Å². The number of pyridine rings is 2. The maximum atomic E-state index is 5.45. The van der Waals surface area contributed by atoms with E-state index in [1.807, 2.05) is 31.5 Å². The smallest absolute Gasteiger partial charge is 0.138 e. The van der Waals surface area contributed by atoms with Crippen molar-refractivity contribution in [3.05, 3.63) is 71.6 Å². The van der Waals surface area contributed by atoms with Gasteiger partial charge in [-0.25, -0.2) is 9.97 Å². The summed E-state index contributed by atoms with van der Waals surface area (Å²) < 4.78 is 5.45. The third kappa shape index (κ3) is 4.46. The van der Waals surface area contributed by atoms with Gasteiger partial charge in [-0.05, 0) is 66.7 Å². The van der Waals surface area contributed by atoms with Crippen LogP contribution in [0.3, 0.4) is 0 Å². The number of aryl methyl sites for hydroxylation is 1. The summed E-state index contributed by atoms with van der Waals surface area (Å²) in [5.41, 5.74) is 5.62. The number of morpholine rings is 1. The quantitative estimate of drug-likeness (QED) is 0.578. The van der Waals surface area contributed by atoms with Crippen LogP contribution < -0.4 is 20.9 Å². The Morgan fingerprint density at radius 3 is 2.61 bits per heavy atom. The number of hydrogen-bond donors (Lipinski definition) is 3. The summed E-state index contributed by atoms with van der Waals surface area (Å²) >= 11 is 0. The van der Waals surface area contributed by atoms with Gasteiger partial charge in [0.1, 0.15) is 17.5 Å². The Kier molecular flexibility index (Phi) is 5.41. The molecular formula is C24H26N6O. The molecule has 2 aromatic heterocycles. The molecule has 31 heavy (non-hydrogen) atoms. The van der Waals surface area contributed by atoms with Gasteiger partial charge in [-0.1, -0.05) is 6.07 Å². The zero-order valence-electron chi connectivity index (χ0n) is 17.6. The molecule has 1 saturated heterocycles. The first-order valence-electron chi connectivity index (χ1n) is 10.6. The van der Waals surface area contributed by atoms with Crippen LogP contribution in [0.15, 0.2) is 54.9 Å². The first-order chi connectivity index (χ1) is 15.2. The van der Waals surface area contributed by atoms with Crippen LogP contribution in [0.5, 0.6) is 0 Å². The lowest BCUT2D eigenvalue weighted by Crippen LogP contribution is -2.36. The van der Waals surface area contributed by atoms with Gasteiger partial charge in [0.25, 0.3) is 0 Å². The van der Waals surface area contributed by atoms with Crippen molar-refractivity contribution in [1.29, 1.82) is 0 Å². The Balaban J connectivity index is 1.39. The molecule has 7 heteroatoms. The fourth-order valence-electron chi connectivity index (χ4n) is 3.79. The van der Waals surface area contributed by atoms with Crippen LogP contribution in [0, 0.1) is 6.92 Å². The van der Waals surface area contributed by atoms with Crippen molar-refractivity contribution in [2.75, 3.05) is 41.8 Å². The Morgan fingerprint density at radius 1 is 1.00 bits per heavy atom. The first kappa shape index (κ1) is 19.4. The van der Waals surface area contributed by atoms with Gasteiger partial charge < -0.3 is 25.6 Å². The lowest BCUT2D eigenvalue weighted by molar-refractivity contribution is 0.122. The minimum Gasteiger partial charge on any atom is -0.387 e. The second-order valence-corrected chi connectivity index (χ2v) is 7.76. The van der Waals surface area contributed by atoms with Gasteiger partial charge in [0.15, 0.2) is 0 Å². The molecule has 4 heterocycles. The van der Waals surface area contributed by atoms with Gasteiger partial charge >= 0.3 is 0 Å². The predicted octanol–water partition coefficient (Wildman–Crippen LogP) is 4.18. The number of rotatable bonds is 5. The van der Waals surface area contributed by atoms with Crippen LogP contribution in [0.1, 0.15) is 16.7 Å². The molecule has 7 nitrogen and oxygen atoms in total. The number of aromatic nitrogens is 2. The highest BCUT2D eigenvalue weighted by molar-refractivity contribution is 5.72. The highest BCUT2D eigenvalue weighted by Crippen LogP contribution is 2.29. The van der Waals surface area contributed by atoms with Crippen molar-refractivity contribution in [2.45, 2.75) is 13.5 Å². The zero-order valence-corrected chi connectivity index (χ0v) is 17.6. The van der Waals surface area contributed by atoms with Crippen molar-refractivity contribution < 1.29 is 4.74 Å². The fraction of sp³-hybridized carbons (Fsp3) is 0.250. The number of nitrogens with one attached hydrogen (secondary N) is 3. The average molecular weight is 415 g/mol. The molecule has 0 radical (unpaired) electrons. The van der Waals surface area contributed by atoms with E-state index in [0.717, 1.165) is 72.7 Å². The van der Waals surface area contributed by atoms with Gasteiger partial charge in [-0.2, -0.15) is 0 Å². The Labute approximate surface area is 182 Å². The number of fused-ring (bicyclic) bond motifs is 1. The second-order valence-electron chi connectivity index (χ2n) is 7.76. The summed E-state index contributed by atoms with van der Waals surface area (Å²) in [6.07, 6.45) is 5.89. The van der Waals surface area contributed by atoms with E-state index in [1.54, 1.807) is 0 Å². The van der Waals surface area contributed by atoms with Crippen LogP contribution in [0.4, 0.5) is 28.8 Å². The predicted molar refractivity (Wildman–Crippen MR) is 125 cm³/mol. The molecule has 158 valence electrons. The molecule has 0 amide bonds. The average Bonchev–Trinajstić information content (AvgIpc) is 2.82. The molecule has 1 fully saturated rings. The van der Waals surface area contributed by atoms with E-state index in [-0.39, 0.29) is 0 Å². The molecule has 2 aliphatic rings. The number of benzene rings is 1. The zero-order chi connectivity index (χ0) is 21.0. The minimum atomic E-state index is 0.732. The number of ether oxygens (including phenoxy) is 1. The number of nitrogens with zero attached hydrogens (tertiary/aromatic N) is 3. The molecule has 0 spiro atoms. The second kappa shape index (κ2) is 8.65. The molecule has 0 bridgehead atoms. The van der Waals surface area contributed by atoms with E-state index in [2.05, 4.69) is 62.2 Å². The van der Waals surface area contributed by atoms with Crippen molar-refractivity contribution in [3.8, 4) is 0 Å². The minimum absolute atomic E-state index is 0.732. The van der Waals surface area contributed by atoms with Crippen molar-refractivity contribution in [2.24, 2.45) is 0 Å². The fourth-order valence-corrected chi connectivity index (χ4v) is 3.79. The molecule has 0 unspecified atom stereocenters. The van der Waals surface area contributed by atoms with E-state index in [9.17, 15) is 0 Å². The van der Waals surface area contributed by atoms with Crippen LogP contribution in [-0.2, 0) is 11.3 Å². The molecule has 3 N–H and O–H groups in total. The maximum absolute atomic E-state index is 5.45. The number of anilines is 5. The maximum Gasteiger partial charge on any atom is 0.138 e. The highest BCUT2D eigenvalue weighted by Gasteiger charge is 2.15. The van der Waals surface area contributed by atoms with Crippen molar-refractivity contribution in [3.63, 3.8) is 0 Å². The van der Waals surface area contributed by atoms with Crippen molar-refractivity contribution in [1.82, 2.24) is 15.3 Å². The Hall–Kier alpha value is -3.58. The van der Waals surface area contributed by atoms with Crippen LogP contribution in [-0.4, -0.2) is 36.3 Å². The van der Waals surface area contributed by atoms with E-state index >= 15 is 0 Å². The SMILES string of the molecule is Cc1ccc(Nc2cc3c(c(Nc4ccc(N5CCOCC5)cc4)n2)CNC=C3)nc1. The molecule has 3 aromatic rings. The third-order valence-electron chi connectivity index (χ3n) is 5.49. The highest BCUT2D eigenvalue weighted by atomic mass is 16.5. The van der Waals surface area contributed by atoms with Crippen LogP contribution in [0.2, 0.25) is 0 Å². The van der Waals surface area contributed by atoms with Crippen LogP contribution >= 0.6 is 0 Å². The lowest BCUT2D eigenvalue weighted by Gasteiger charge is -2.29. The summed E-state index contributed by atoms with van der Waals surface area (Å²) in [6.45, 7) is 6.19. The van der Waals surface area contributed by atoms with Crippen molar-refractivity contribution >= 4 is 34.9 Å². The first-order valence-corrected chi connectivity index (χ1v) is 10.6. The molecule has 0 aliphatic carbocycles. The molecule has 2 aliphatic heterocycles.